The first-order valence-electron chi connectivity index (χ1n) is 6.89. The topological polar surface area (TPSA) is 49.5 Å². The van der Waals surface area contributed by atoms with Crippen LogP contribution >= 0.6 is 0 Å². The van der Waals surface area contributed by atoms with Crippen molar-refractivity contribution in [2.24, 2.45) is 17.6 Å². The van der Waals surface area contributed by atoms with Crippen molar-refractivity contribution in [3.8, 4) is 0 Å². The van der Waals surface area contributed by atoms with Gasteiger partial charge in [0.1, 0.15) is 0 Å². The van der Waals surface area contributed by atoms with E-state index in [9.17, 15) is 5.11 Å². The molecule has 17 heavy (non-hydrogen) atoms. The number of aliphatic hydroxyl groups excluding tert-OH is 1. The summed E-state index contributed by atoms with van der Waals surface area (Å²) in [5.41, 5.74) is 5.56. The fourth-order valence-corrected chi connectivity index (χ4v) is 1.71. The summed E-state index contributed by atoms with van der Waals surface area (Å²) >= 11 is 0. The smallest absolute Gasteiger partial charge is 0.0621 e. The first-order chi connectivity index (χ1) is 7.76. The van der Waals surface area contributed by atoms with Crippen LogP contribution in [0, 0.1) is 11.8 Å². The Labute approximate surface area is 107 Å². The van der Waals surface area contributed by atoms with Gasteiger partial charge in [-0.15, -0.1) is 0 Å². The van der Waals surface area contributed by atoms with Gasteiger partial charge in [-0.25, -0.2) is 0 Å². The van der Waals surface area contributed by atoms with E-state index in [-0.39, 0.29) is 6.61 Å². The first-order valence-corrected chi connectivity index (χ1v) is 6.89. The lowest BCUT2D eigenvalue weighted by atomic mass is 10.0. The molecule has 0 fully saturated rings. The predicted molar refractivity (Wildman–Crippen MR) is 75.0 cm³/mol. The molecule has 0 amide bonds. The maximum atomic E-state index is 9.25. The van der Waals surface area contributed by atoms with Crippen molar-refractivity contribution >= 4 is 0 Å². The standard InChI is InChI=1S/C14H32N2O/c1-12(2)6-8-16(9-7-13(3)4)10-14(5,15)11-17/h12-13,17H,6-11,15H2,1-5H3. The molecule has 0 aliphatic heterocycles. The second-order valence-corrected chi connectivity index (χ2v) is 6.45. The Morgan fingerprint density at radius 2 is 1.47 bits per heavy atom. The molecule has 0 heterocycles. The van der Waals surface area contributed by atoms with Crippen LogP contribution in [0.15, 0.2) is 0 Å². The van der Waals surface area contributed by atoms with Gasteiger partial charge in [0.2, 0.25) is 0 Å². The molecule has 1 atom stereocenters. The summed E-state index contributed by atoms with van der Waals surface area (Å²) in [5, 5.41) is 9.25. The number of nitrogens with two attached hydrogens (primary N) is 1. The quantitative estimate of drug-likeness (QED) is 0.653. The van der Waals surface area contributed by atoms with Gasteiger partial charge in [0, 0.05) is 12.1 Å². The summed E-state index contributed by atoms with van der Waals surface area (Å²) in [6.07, 6.45) is 2.39. The van der Waals surface area contributed by atoms with Crippen LogP contribution in [0.3, 0.4) is 0 Å². The van der Waals surface area contributed by atoms with Crippen LogP contribution in [0.25, 0.3) is 0 Å². The Balaban J connectivity index is 4.19. The normalized spacial score (nSPS) is 15.9. The highest BCUT2D eigenvalue weighted by Crippen LogP contribution is 2.10. The Bertz CT molecular complexity index is 179. The molecule has 1 unspecified atom stereocenters. The lowest BCUT2D eigenvalue weighted by molar-refractivity contribution is 0.140. The van der Waals surface area contributed by atoms with Gasteiger partial charge in [0.05, 0.1) is 6.61 Å². The van der Waals surface area contributed by atoms with Crippen molar-refractivity contribution in [2.45, 2.75) is 53.0 Å². The van der Waals surface area contributed by atoms with E-state index >= 15 is 0 Å². The van der Waals surface area contributed by atoms with Crippen LogP contribution < -0.4 is 5.73 Å². The van der Waals surface area contributed by atoms with Crippen molar-refractivity contribution in [1.82, 2.24) is 4.90 Å². The molecule has 0 aliphatic carbocycles. The zero-order chi connectivity index (χ0) is 13.5. The van der Waals surface area contributed by atoms with Crippen molar-refractivity contribution in [2.75, 3.05) is 26.2 Å². The lowest BCUT2D eigenvalue weighted by Crippen LogP contribution is -2.51. The van der Waals surface area contributed by atoms with Crippen LogP contribution in [0.4, 0.5) is 0 Å². The predicted octanol–water partition coefficient (Wildman–Crippen LogP) is 2.09. The van der Waals surface area contributed by atoms with Crippen LogP contribution in [-0.4, -0.2) is 41.8 Å². The number of rotatable bonds is 9. The summed E-state index contributed by atoms with van der Waals surface area (Å²) in [6.45, 7) is 13.9. The third-order valence-corrected chi connectivity index (χ3v) is 2.99. The molecule has 3 N–H and O–H groups in total. The number of hydrogen-bond acceptors (Lipinski definition) is 3. The van der Waals surface area contributed by atoms with E-state index in [4.69, 9.17) is 5.73 Å². The summed E-state index contributed by atoms with van der Waals surface area (Å²) in [7, 11) is 0. The van der Waals surface area contributed by atoms with Crippen molar-refractivity contribution in [1.29, 1.82) is 0 Å². The molecule has 0 aromatic carbocycles. The molecular weight excluding hydrogens is 212 g/mol. The second kappa shape index (κ2) is 8.06. The van der Waals surface area contributed by atoms with Gasteiger partial charge >= 0.3 is 0 Å². The Morgan fingerprint density at radius 1 is 1.06 bits per heavy atom. The van der Waals surface area contributed by atoms with Crippen LogP contribution in [0.2, 0.25) is 0 Å². The van der Waals surface area contributed by atoms with Gasteiger partial charge in [-0.1, -0.05) is 27.7 Å². The molecule has 0 aromatic heterocycles. The minimum Gasteiger partial charge on any atom is -0.394 e. The van der Waals surface area contributed by atoms with Gasteiger partial charge in [0.15, 0.2) is 0 Å². The molecule has 0 rings (SSSR count). The number of hydrogen-bond donors (Lipinski definition) is 2. The molecule has 0 saturated heterocycles. The fourth-order valence-electron chi connectivity index (χ4n) is 1.71. The highest BCUT2D eigenvalue weighted by Gasteiger charge is 2.21. The summed E-state index contributed by atoms with van der Waals surface area (Å²) < 4.78 is 0. The van der Waals surface area contributed by atoms with E-state index in [1.54, 1.807) is 0 Å². The van der Waals surface area contributed by atoms with E-state index in [0.29, 0.717) is 0 Å². The Hall–Kier alpha value is -0.120. The average Bonchev–Trinajstić information content (AvgIpc) is 2.21. The molecule has 3 nitrogen and oxygen atoms in total. The molecule has 104 valence electrons. The average molecular weight is 244 g/mol. The van der Waals surface area contributed by atoms with E-state index in [1.165, 1.54) is 12.8 Å². The maximum Gasteiger partial charge on any atom is 0.0621 e. The zero-order valence-corrected chi connectivity index (χ0v) is 12.4. The van der Waals surface area contributed by atoms with Crippen molar-refractivity contribution in [3.63, 3.8) is 0 Å². The van der Waals surface area contributed by atoms with E-state index in [1.807, 2.05) is 6.92 Å². The van der Waals surface area contributed by atoms with Gasteiger partial charge < -0.3 is 15.7 Å². The van der Waals surface area contributed by atoms with Gasteiger partial charge in [-0.05, 0) is 44.7 Å². The Morgan fingerprint density at radius 3 is 1.76 bits per heavy atom. The van der Waals surface area contributed by atoms with Crippen molar-refractivity contribution < 1.29 is 5.11 Å². The molecule has 0 spiro atoms. The summed E-state index contributed by atoms with van der Waals surface area (Å²) in [5.74, 6) is 1.43. The summed E-state index contributed by atoms with van der Waals surface area (Å²) in [4.78, 5) is 2.40. The van der Waals surface area contributed by atoms with Crippen LogP contribution in [0.5, 0.6) is 0 Å². The number of nitrogens with zero attached hydrogens (tertiary/aromatic N) is 1. The van der Waals surface area contributed by atoms with Gasteiger partial charge in [0.25, 0.3) is 0 Å². The minimum atomic E-state index is -0.478. The zero-order valence-electron chi connectivity index (χ0n) is 12.4. The molecule has 0 radical (unpaired) electrons. The van der Waals surface area contributed by atoms with E-state index in [0.717, 1.165) is 31.5 Å². The van der Waals surface area contributed by atoms with Gasteiger partial charge in [-0.3, -0.25) is 0 Å². The molecule has 0 aliphatic rings. The first kappa shape index (κ1) is 16.9. The van der Waals surface area contributed by atoms with Crippen LogP contribution in [0.1, 0.15) is 47.5 Å². The van der Waals surface area contributed by atoms with Gasteiger partial charge in [-0.2, -0.15) is 0 Å². The minimum absolute atomic E-state index is 0.0485. The molecule has 0 bridgehead atoms. The van der Waals surface area contributed by atoms with E-state index in [2.05, 4.69) is 32.6 Å². The highest BCUT2D eigenvalue weighted by molar-refractivity contribution is 4.82. The highest BCUT2D eigenvalue weighted by atomic mass is 16.3. The SMILES string of the molecule is CC(C)CCN(CCC(C)C)CC(C)(N)CO. The lowest BCUT2D eigenvalue weighted by Gasteiger charge is -2.32. The summed E-state index contributed by atoms with van der Waals surface area (Å²) in [6, 6.07) is 0. The number of aliphatic hydroxyl groups is 1. The molecule has 0 aromatic rings. The maximum absolute atomic E-state index is 9.25. The monoisotopic (exact) mass is 244 g/mol. The second-order valence-electron chi connectivity index (χ2n) is 6.45. The largest absolute Gasteiger partial charge is 0.394 e. The third kappa shape index (κ3) is 9.57. The van der Waals surface area contributed by atoms with Crippen LogP contribution in [-0.2, 0) is 0 Å². The molecule has 0 saturated carbocycles. The molecule has 3 heteroatoms. The fraction of sp³-hybridized carbons (Fsp3) is 1.00. The van der Waals surface area contributed by atoms with Crippen molar-refractivity contribution in [3.05, 3.63) is 0 Å². The van der Waals surface area contributed by atoms with E-state index < -0.39 is 5.54 Å². The molecular formula is C14H32N2O. The Kier molecular flexibility index (Phi) is 8.01. The third-order valence-electron chi connectivity index (χ3n) is 2.99.